The van der Waals surface area contributed by atoms with Gasteiger partial charge in [0, 0.05) is 24.7 Å². The number of hydrogen-bond acceptors (Lipinski definition) is 4. The van der Waals surface area contributed by atoms with Gasteiger partial charge in [0.05, 0.1) is 11.1 Å². The van der Waals surface area contributed by atoms with E-state index in [-0.39, 0.29) is 17.3 Å². The van der Waals surface area contributed by atoms with Crippen LogP contribution in [0.4, 0.5) is 0 Å². The molecule has 0 aromatic carbocycles. The van der Waals surface area contributed by atoms with Crippen molar-refractivity contribution in [2.24, 2.45) is 5.41 Å². The zero-order valence-electron chi connectivity index (χ0n) is 10.9. The minimum Gasteiger partial charge on any atom is -0.456 e. The van der Waals surface area contributed by atoms with Gasteiger partial charge in [0.1, 0.15) is 6.61 Å². The van der Waals surface area contributed by atoms with Crippen molar-refractivity contribution >= 4 is 11.9 Å². The zero-order chi connectivity index (χ0) is 13.0. The van der Waals surface area contributed by atoms with Crippen molar-refractivity contribution < 1.29 is 14.3 Å². The lowest BCUT2D eigenvalue weighted by Gasteiger charge is -2.44. The summed E-state index contributed by atoms with van der Waals surface area (Å²) in [5.41, 5.74) is 0.887. The average molecular weight is 262 g/mol. The highest BCUT2D eigenvalue weighted by atomic mass is 16.5. The normalized spacial score (nSPS) is 40.6. The molecule has 3 saturated heterocycles. The van der Waals surface area contributed by atoms with Gasteiger partial charge in [-0.25, -0.2) is 4.79 Å². The topological polar surface area (TPSA) is 58.6 Å². The third-order valence-corrected chi connectivity index (χ3v) is 5.22. The second-order valence-electron chi connectivity index (χ2n) is 6.23. The van der Waals surface area contributed by atoms with E-state index in [1.807, 2.05) is 0 Å². The first-order chi connectivity index (χ1) is 9.18. The van der Waals surface area contributed by atoms with Crippen molar-refractivity contribution in [2.75, 3.05) is 13.2 Å². The molecule has 2 unspecified atom stereocenters. The van der Waals surface area contributed by atoms with Gasteiger partial charge in [0.2, 0.25) is 5.91 Å². The summed E-state index contributed by atoms with van der Waals surface area (Å²) in [7, 11) is 0. The molecule has 0 saturated carbocycles. The second kappa shape index (κ2) is 3.74. The highest BCUT2D eigenvalue weighted by Crippen LogP contribution is 2.50. The molecule has 0 aromatic heterocycles. The molecule has 4 heterocycles. The highest BCUT2D eigenvalue weighted by Gasteiger charge is 2.54. The van der Waals surface area contributed by atoms with Crippen LogP contribution in [-0.2, 0) is 14.3 Å². The Bertz CT molecular complexity index is 471. The van der Waals surface area contributed by atoms with Crippen LogP contribution >= 0.6 is 0 Å². The third-order valence-electron chi connectivity index (χ3n) is 5.22. The molecule has 2 atom stereocenters. The molecular weight excluding hydrogens is 244 g/mol. The number of carbonyl (C=O) groups is 2. The Morgan fingerprint density at radius 2 is 2.00 bits per heavy atom. The molecule has 1 spiro atoms. The number of piperidine rings is 1. The van der Waals surface area contributed by atoms with Crippen molar-refractivity contribution in [3.8, 4) is 0 Å². The number of rotatable bonds is 1. The average Bonchev–Trinajstić information content (AvgIpc) is 3.01. The molecule has 5 heteroatoms. The SMILES string of the molecule is O=C1C=C(N2C3CCC2CC2(CCNC2=O)C3)CO1. The van der Waals surface area contributed by atoms with Gasteiger partial charge in [-0.15, -0.1) is 0 Å². The lowest BCUT2D eigenvalue weighted by molar-refractivity contribution is -0.135. The number of nitrogens with zero attached hydrogens (tertiary/aromatic N) is 1. The number of hydrogen-bond donors (Lipinski definition) is 1. The Morgan fingerprint density at radius 3 is 2.53 bits per heavy atom. The van der Waals surface area contributed by atoms with Crippen molar-refractivity contribution in [2.45, 2.75) is 44.2 Å². The van der Waals surface area contributed by atoms with Crippen LogP contribution in [0.5, 0.6) is 0 Å². The molecule has 3 fully saturated rings. The fourth-order valence-electron chi connectivity index (χ4n) is 4.44. The number of esters is 1. The summed E-state index contributed by atoms with van der Waals surface area (Å²) in [6, 6.07) is 0.812. The van der Waals surface area contributed by atoms with E-state index in [4.69, 9.17) is 4.74 Å². The van der Waals surface area contributed by atoms with E-state index in [0.29, 0.717) is 18.7 Å². The van der Waals surface area contributed by atoms with Gasteiger partial charge in [0.25, 0.3) is 0 Å². The molecular formula is C14H18N2O3. The highest BCUT2D eigenvalue weighted by molar-refractivity contribution is 5.86. The minimum atomic E-state index is -0.228. The number of nitrogens with one attached hydrogen (secondary N) is 1. The van der Waals surface area contributed by atoms with Gasteiger partial charge in [-0.05, 0) is 32.1 Å². The lowest BCUT2D eigenvalue weighted by Crippen LogP contribution is -2.49. The van der Waals surface area contributed by atoms with Crippen LogP contribution in [0.25, 0.3) is 0 Å². The zero-order valence-corrected chi connectivity index (χ0v) is 10.9. The molecule has 0 radical (unpaired) electrons. The first kappa shape index (κ1) is 11.3. The van der Waals surface area contributed by atoms with Gasteiger partial charge in [-0.1, -0.05) is 0 Å². The summed E-state index contributed by atoms with van der Waals surface area (Å²) in [5, 5.41) is 2.99. The Kier molecular flexibility index (Phi) is 2.23. The summed E-state index contributed by atoms with van der Waals surface area (Å²) in [6.45, 7) is 1.23. The summed E-state index contributed by atoms with van der Waals surface area (Å²) in [5.74, 6) is 0.0186. The van der Waals surface area contributed by atoms with Crippen LogP contribution in [-0.4, -0.2) is 42.0 Å². The van der Waals surface area contributed by atoms with E-state index in [1.54, 1.807) is 6.08 Å². The fourth-order valence-corrected chi connectivity index (χ4v) is 4.44. The number of amides is 1. The Labute approximate surface area is 112 Å². The number of carbonyl (C=O) groups excluding carboxylic acids is 2. The van der Waals surface area contributed by atoms with Gasteiger partial charge in [0.15, 0.2) is 0 Å². The molecule has 4 rings (SSSR count). The van der Waals surface area contributed by atoms with Crippen LogP contribution in [0.3, 0.4) is 0 Å². The number of fused-ring (bicyclic) bond motifs is 2. The first-order valence-electron chi connectivity index (χ1n) is 7.12. The summed E-state index contributed by atoms with van der Waals surface area (Å²) in [4.78, 5) is 25.7. The van der Waals surface area contributed by atoms with Crippen molar-refractivity contribution in [1.82, 2.24) is 10.2 Å². The van der Waals surface area contributed by atoms with Crippen LogP contribution in [0.2, 0.25) is 0 Å². The molecule has 0 aromatic rings. The molecule has 4 aliphatic rings. The largest absolute Gasteiger partial charge is 0.456 e. The van der Waals surface area contributed by atoms with Gasteiger partial charge in [-0.2, -0.15) is 0 Å². The Morgan fingerprint density at radius 1 is 1.26 bits per heavy atom. The summed E-state index contributed by atoms with van der Waals surface area (Å²) < 4.78 is 5.03. The minimum absolute atomic E-state index is 0.133. The maximum atomic E-state index is 12.1. The molecule has 0 aliphatic carbocycles. The maximum Gasteiger partial charge on any atom is 0.333 e. The van der Waals surface area contributed by atoms with Gasteiger partial charge >= 0.3 is 5.97 Å². The van der Waals surface area contributed by atoms with Crippen LogP contribution in [0.15, 0.2) is 11.8 Å². The number of ether oxygens (including phenoxy) is 1. The molecule has 102 valence electrons. The monoisotopic (exact) mass is 262 g/mol. The van der Waals surface area contributed by atoms with E-state index in [1.165, 1.54) is 0 Å². The predicted octanol–water partition coefficient (Wildman–Crippen LogP) is 0.560. The van der Waals surface area contributed by atoms with Crippen molar-refractivity contribution in [3.63, 3.8) is 0 Å². The summed E-state index contributed by atoms with van der Waals surface area (Å²) >= 11 is 0. The standard InChI is InChI=1S/C14H18N2O3/c17-12-5-11(8-19-12)16-9-1-2-10(16)7-14(6-9)3-4-15-13(14)18/h5,9-10H,1-4,6-8H2,(H,15,18). The van der Waals surface area contributed by atoms with E-state index in [0.717, 1.165) is 44.3 Å². The van der Waals surface area contributed by atoms with Crippen LogP contribution in [0, 0.1) is 5.41 Å². The molecule has 1 N–H and O–H groups in total. The second-order valence-corrected chi connectivity index (χ2v) is 6.23. The third kappa shape index (κ3) is 1.53. The molecule has 4 aliphatic heterocycles. The maximum absolute atomic E-state index is 12.1. The number of cyclic esters (lactones) is 1. The fraction of sp³-hybridized carbons (Fsp3) is 0.714. The summed E-state index contributed by atoms with van der Waals surface area (Å²) in [6.07, 6.45) is 6.72. The van der Waals surface area contributed by atoms with Gasteiger partial charge < -0.3 is 15.0 Å². The quantitative estimate of drug-likeness (QED) is 0.702. The van der Waals surface area contributed by atoms with Gasteiger partial charge in [-0.3, -0.25) is 4.79 Å². The smallest absolute Gasteiger partial charge is 0.333 e. The molecule has 2 bridgehead atoms. The Balaban J connectivity index is 1.61. The predicted molar refractivity (Wildman–Crippen MR) is 67.0 cm³/mol. The molecule has 1 amide bonds. The lowest BCUT2D eigenvalue weighted by atomic mass is 9.73. The van der Waals surface area contributed by atoms with Crippen molar-refractivity contribution in [3.05, 3.63) is 11.8 Å². The van der Waals surface area contributed by atoms with E-state index < -0.39 is 0 Å². The van der Waals surface area contributed by atoms with E-state index >= 15 is 0 Å². The first-order valence-corrected chi connectivity index (χ1v) is 7.12. The molecule has 5 nitrogen and oxygen atoms in total. The van der Waals surface area contributed by atoms with E-state index in [9.17, 15) is 9.59 Å². The van der Waals surface area contributed by atoms with Crippen molar-refractivity contribution in [1.29, 1.82) is 0 Å². The molecule has 19 heavy (non-hydrogen) atoms. The Hall–Kier alpha value is -1.52. The van der Waals surface area contributed by atoms with Crippen LogP contribution < -0.4 is 5.32 Å². The van der Waals surface area contributed by atoms with E-state index in [2.05, 4.69) is 10.2 Å². The van der Waals surface area contributed by atoms with Crippen LogP contribution in [0.1, 0.15) is 32.1 Å².